The van der Waals surface area contributed by atoms with E-state index in [1.165, 1.54) is 0 Å². The van der Waals surface area contributed by atoms with Gasteiger partial charge in [0.2, 0.25) is 0 Å². The lowest BCUT2D eigenvalue weighted by Crippen LogP contribution is -2.65. The predicted octanol–water partition coefficient (Wildman–Crippen LogP) is 1.74. The molecule has 0 bridgehead atoms. The van der Waals surface area contributed by atoms with Gasteiger partial charge in [-0.25, -0.2) is 0 Å². The highest BCUT2D eigenvalue weighted by Crippen LogP contribution is 2.39. The molecule has 0 radical (unpaired) electrons. The maximum atomic E-state index is 10.8. The summed E-state index contributed by atoms with van der Waals surface area (Å²) >= 11 is 0. The molecule has 1 saturated heterocycles. The topological polar surface area (TPSA) is 88.4 Å². The average Bonchev–Trinajstić information content (AvgIpc) is 2.65. The first-order valence-electron chi connectivity index (χ1n) is 9.14. The number of hydrogen-bond acceptors (Lipinski definition) is 6. The summed E-state index contributed by atoms with van der Waals surface area (Å²) in [5.41, 5.74) is -0.150. The summed E-state index contributed by atoms with van der Waals surface area (Å²) in [4.78, 5) is 0. The third kappa shape index (κ3) is 4.21. The predicted molar refractivity (Wildman–Crippen MR) is 98.0 cm³/mol. The van der Waals surface area contributed by atoms with E-state index < -0.39 is 23.7 Å². The minimum absolute atomic E-state index is 0.174. The summed E-state index contributed by atoms with van der Waals surface area (Å²) in [6.07, 6.45) is -2.51. The van der Waals surface area contributed by atoms with Crippen LogP contribution in [0.15, 0.2) is 24.3 Å². The standard InChI is InChI=1S/C20H32O6/c1-12(10-21)18(22)20(4)19(23)13(2)17(14(3)26-20)25-11-15-6-8-16(24-5)9-7-15/h6-9,12-14,17-19,21-23H,10-11H2,1-5H3/t12-,13+,14-,17+,18-,19-,20+/m1/s1. The van der Waals surface area contributed by atoms with E-state index in [1.807, 2.05) is 38.1 Å². The molecule has 6 nitrogen and oxygen atoms in total. The van der Waals surface area contributed by atoms with Crippen LogP contribution in [0.3, 0.4) is 0 Å². The van der Waals surface area contributed by atoms with Crippen molar-refractivity contribution in [1.82, 2.24) is 0 Å². The minimum atomic E-state index is -1.15. The van der Waals surface area contributed by atoms with E-state index in [0.29, 0.717) is 6.61 Å². The van der Waals surface area contributed by atoms with Crippen LogP contribution in [-0.4, -0.2) is 59.1 Å². The lowest BCUT2D eigenvalue weighted by molar-refractivity contribution is -0.283. The van der Waals surface area contributed by atoms with Crippen molar-refractivity contribution in [2.45, 2.75) is 64.3 Å². The van der Waals surface area contributed by atoms with Gasteiger partial charge in [0.1, 0.15) is 11.4 Å². The summed E-state index contributed by atoms with van der Waals surface area (Å²) < 4.78 is 17.2. The Morgan fingerprint density at radius 1 is 1.23 bits per heavy atom. The van der Waals surface area contributed by atoms with Crippen LogP contribution in [0.4, 0.5) is 0 Å². The second kappa shape index (κ2) is 8.67. The van der Waals surface area contributed by atoms with Crippen molar-refractivity contribution < 1.29 is 29.5 Å². The van der Waals surface area contributed by atoms with E-state index in [9.17, 15) is 15.3 Å². The number of benzene rings is 1. The van der Waals surface area contributed by atoms with Gasteiger partial charge in [-0.3, -0.25) is 0 Å². The van der Waals surface area contributed by atoms with Crippen LogP contribution in [0.1, 0.15) is 33.3 Å². The first kappa shape index (κ1) is 21.1. The summed E-state index contributed by atoms with van der Waals surface area (Å²) in [5, 5.41) is 30.7. The molecule has 0 unspecified atom stereocenters. The number of rotatable bonds is 7. The fourth-order valence-corrected chi connectivity index (χ4v) is 3.78. The van der Waals surface area contributed by atoms with Crippen molar-refractivity contribution in [1.29, 1.82) is 0 Å². The molecule has 1 aliphatic rings. The molecule has 6 heteroatoms. The van der Waals surface area contributed by atoms with E-state index in [-0.39, 0.29) is 24.7 Å². The molecule has 0 aromatic heterocycles. The first-order chi connectivity index (χ1) is 12.2. The molecule has 0 amide bonds. The van der Waals surface area contributed by atoms with Crippen LogP contribution < -0.4 is 4.74 Å². The van der Waals surface area contributed by atoms with E-state index in [4.69, 9.17) is 14.2 Å². The Balaban J connectivity index is 2.06. The fraction of sp³-hybridized carbons (Fsp3) is 0.700. The summed E-state index contributed by atoms with van der Waals surface area (Å²) in [7, 11) is 1.62. The van der Waals surface area contributed by atoms with Crippen molar-refractivity contribution in [3.8, 4) is 5.75 Å². The fourth-order valence-electron chi connectivity index (χ4n) is 3.78. The van der Waals surface area contributed by atoms with Gasteiger partial charge in [-0.2, -0.15) is 0 Å². The van der Waals surface area contributed by atoms with Crippen LogP contribution in [-0.2, 0) is 16.1 Å². The zero-order chi connectivity index (χ0) is 19.5. The number of ether oxygens (including phenoxy) is 3. The van der Waals surface area contributed by atoms with Gasteiger partial charge in [-0.1, -0.05) is 26.0 Å². The lowest BCUT2D eigenvalue weighted by Gasteiger charge is -2.51. The smallest absolute Gasteiger partial charge is 0.118 e. The van der Waals surface area contributed by atoms with Crippen LogP contribution >= 0.6 is 0 Å². The Labute approximate surface area is 155 Å². The maximum Gasteiger partial charge on any atom is 0.118 e. The SMILES string of the molecule is COc1ccc(CO[C@H]2[C@H](C)[C@@H](O)[C@](C)([C@H](O)[C@H](C)CO)O[C@@H]2C)cc1. The Morgan fingerprint density at radius 2 is 1.85 bits per heavy atom. The molecule has 26 heavy (non-hydrogen) atoms. The first-order valence-corrected chi connectivity index (χ1v) is 9.14. The highest BCUT2D eigenvalue weighted by atomic mass is 16.6. The van der Waals surface area contributed by atoms with Crippen molar-refractivity contribution >= 4 is 0 Å². The quantitative estimate of drug-likeness (QED) is 0.679. The van der Waals surface area contributed by atoms with Crippen molar-refractivity contribution in [3.05, 3.63) is 29.8 Å². The van der Waals surface area contributed by atoms with Crippen molar-refractivity contribution in [3.63, 3.8) is 0 Å². The molecule has 3 N–H and O–H groups in total. The molecule has 0 aliphatic carbocycles. The third-order valence-electron chi connectivity index (χ3n) is 5.52. The van der Waals surface area contributed by atoms with Gasteiger partial charge in [0, 0.05) is 18.4 Å². The second-order valence-corrected chi connectivity index (χ2v) is 7.54. The molecule has 1 heterocycles. The highest BCUT2D eigenvalue weighted by Gasteiger charge is 2.53. The van der Waals surface area contributed by atoms with E-state index >= 15 is 0 Å². The number of hydrogen-bond donors (Lipinski definition) is 3. The Bertz CT molecular complexity index is 562. The van der Waals surface area contributed by atoms with Gasteiger partial charge in [0.25, 0.3) is 0 Å². The molecule has 1 aliphatic heterocycles. The summed E-state index contributed by atoms with van der Waals surface area (Å²) in [5.74, 6) is 0.156. The van der Waals surface area contributed by atoms with E-state index in [2.05, 4.69) is 0 Å². The van der Waals surface area contributed by atoms with Crippen LogP contribution in [0, 0.1) is 11.8 Å². The zero-order valence-corrected chi connectivity index (χ0v) is 16.3. The van der Waals surface area contributed by atoms with Gasteiger partial charge in [0.05, 0.1) is 38.1 Å². The highest BCUT2D eigenvalue weighted by molar-refractivity contribution is 5.26. The Hall–Kier alpha value is -1.18. The summed E-state index contributed by atoms with van der Waals surface area (Å²) in [6, 6.07) is 7.62. The minimum Gasteiger partial charge on any atom is -0.497 e. The van der Waals surface area contributed by atoms with E-state index in [0.717, 1.165) is 11.3 Å². The molecular weight excluding hydrogens is 336 g/mol. The number of methoxy groups -OCH3 is 1. The Kier molecular flexibility index (Phi) is 7.05. The van der Waals surface area contributed by atoms with Crippen LogP contribution in [0.5, 0.6) is 5.75 Å². The normalized spacial score (nSPS) is 34.3. The molecule has 0 saturated carbocycles. The maximum absolute atomic E-state index is 10.8. The summed E-state index contributed by atoms with van der Waals surface area (Å²) in [6.45, 7) is 7.43. The molecule has 1 aromatic rings. The largest absolute Gasteiger partial charge is 0.497 e. The molecule has 2 rings (SSSR count). The van der Waals surface area contributed by atoms with Gasteiger partial charge >= 0.3 is 0 Å². The van der Waals surface area contributed by atoms with Gasteiger partial charge in [-0.05, 0) is 31.5 Å². The lowest BCUT2D eigenvalue weighted by atomic mass is 9.75. The average molecular weight is 368 g/mol. The van der Waals surface area contributed by atoms with Crippen LogP contribution in [0.2, 0.25) is 0 Å². The van der Waals surface area contributed by atoms with Crippen molar-refractivity contribution in [2.24, 2.45) is 11.8 Å². The molecule has 0 spiro atoms. The third-order valence-corrected chi connectivity index (χ3v) is 5.52. The second-order valence-electron chi connectivity index (χ2n) is 7.54. The van der Waals surface area contributed by atoms with E-state index in [1.54, 1.807) is 21.0 Å². The monoisotopic (exact) mass is 368 g/mol. The van der Waals surface area contributed by atoms with Gasteiger partial charge in [0.15, 0.2) is 0 Å². The zero-order valence-electron chi connectivity index (χ0n) is 16.3. The molecule has 148 valence electrons. The number of aliphatic hydroxyl groups excluding tert-OH is 3. The number of aliphatic hydroxyl groups is 3. The van der Waals surface area contributed by atoms with Gasteiger partial charge in [-0.15, -0.1) is 0 Å². The molecule has 1 aromatic carbocycles. The molecule has 1 fully saturated rings. The van der Waals surface area contributed by atoms with Crippen molar-refractivity contribution in [2.75, 3.05) is 13.7 Å². The Morgan fingerprint density at radius 3 is 2.38 bits per heavy atom. The molecular formula is C20H32O6. The molecule has 7 atom stereocenters. The van der Waals surface area contributed by atoms with Crippen LogP contribution in [0.25, 0.3) is 0 Å². The van der Waals surface area contributed by atoms with Gasteiger partial charge < -0.3 is 29.5 Å².